The van der Waals surface area contributed by atoms with Gasteiger partial charge in [-0.3, -0.25) is 0 Å². The number of hydrogen-bond donors (Lipinski definition) is 0. The van der Waals surface area contributed by atoms with Crippen LogP contribution in [0.15, 0.2) is 6.07 Å². The summed E-state index contributed by atoms with van der Waals surface area (Å²) in [5.41, 5.74) is 1.50. The van der Waals surface area contributed by atoms with E-state index in [0.29, 0.717) is 24.2 Å². The zero-order valence-corrected chi connectivity index (χ0v) is 11.1. The number of hydrogen-bond acceptors (Lipinski definition) is 2. The Morgan fingerprint density at radius 1 is 1.11 bits per heavy atom. The van der Waals surface area contributed by atoms with Crippen LogP contribution in [0.2, 0.25) is 0 Å². The van der Waals surface area contributed by atoms with E-state index in [-0.39, 0.29) is 11.3 Å². The number of benzene rings is 1. The number of ether oxygens (including phenoxy) is 2. The van der Waals surface area contributed by atoms with Crippen molar-refractivity contribution in [3.05, 3.63) is 22.8 Å². The summed E-state index contributed by atoms with van der Waals surface area (Å²) in [5.74, 6) is -2.62. The van der Waals surface area contributed by atoms with E-state index in [9.17, 15) is 8.78 Å². The van der Waals surface area contributed by atoms with Gasteiger partial charge in [0.25, 0.3) is 5.92 Å². The van der Waals surface area contributed by atoms with Crippen molar-refractivity contribution in [2.45, 2.75) is 32.6 Å². The maximum Gasteiger partial charge on any atom is 0.279 e. The molecule has 0 N–H and O–H groups in total. The molecule has 1 fully saturated rings. The van der Waals surface area contributed by atoms with E-state index in [1.165, 1.54) is 20.3 Å². The molecule has 100 valence electrons. The van der Waals surface area contributed by atoms with Crippen LogP contribution in [0, 0.1) is 19.8 Å². The smallest absolute Gasteiger partial charge is 0.279 e. The molecule has 4 heteroatoms. The highest BCUT2D eigenvalue weighted by molar-refractivity contribution is 5.54. The zero-order chi connectivity index (χ0) is 13.5. The van der Waals surface area contributed by atoms with E-state index in [0.717, 1.165) is 5.56 Å². The van der Waals surface area contributed by atoms with E-state index >= 15 is 0 Å². The predicted octanol–water partition coefficient (Wildman–Crippen LogP) is 3.82. The van der Waals surface area contributed by atoms with Crippen LogP contribution in [0.4, 0.5) is 8.78 Å². The third-order valence-electron chi connectivity index (χ3n) is 3.67. The molecule has 0 bridgehead atoms. The highest BCUT2D eigenvalue weighted by Gasteiger charge is 2.50. The van der Waals surface area contributed by atoms with Crippen LogP contribution in [0.1, 0.15) is 29.5 Å². The Kier molecular flexibility index (Phi) is 3.21. The number of alkyl halides is 2. The van der Waals surface area contributed by atoms with E-state index < -0.39 is 11.8 Å². The summed E-state index contributed by atoms with van der Waals surface area (Å²) in [6, 6.07) is 1.42. The summed E-state index contributed by atoms with van der Waals surface area (Å²) >= 11 is 0. The molecule has 0 amide bonds. The van der Waals surface area contributed by atoms with Gasteiger partial charge < -0.3 is 9.47 Å². The Morgan fingerprint density at radius 2 is 1.72 bits per heavy atom. The first-order valence-electron chi connectivity index (χ1n) is 6.04. The molecule has 0 heterocycles. The first-order chi connectivity index (χ1) is 8.43. The summed E-state index contributed by atoms with van der Waals surface area (Å²) in [7, 11) is 2.92. The van der Waals surface area contributed by atoms with Crippen LogP contribution >= 0.6 is 0 Å². The molecular formula is C14H18F2O2. The molecule has 2 rings (SSSR count). The summed E-state index contributed by atoms with van der Waals surface area (Å²) in [6.07, 6.45) is 1.15. The van der Waals surface area contributed by atoms with Crippen LogP contribution in [0.5, 0.6) is 11.5 Å². The van der Waals surface area contributed by atoms with Crippen LogP contribution < -0.4 is 9.47 Å². The predicted molar refractivity (Wildman–Crippen MR) is 65.6 cm³/mol. The number of rotatable bonds is 4. The van der Waals surface area contributed by atoms with Crippen LogP contribution in [-0.4, -0.2) is 14.2 Å². The molecule has 1 aromatic rings. The molecule has 18 heavy (non-hydrogen) atoms. The van der Waals surface area contributed by atoms with E-state index in [1.54, 1.807) is 6.92 Å². The Hall–Kier alpha value is -1.32. The monoisotopic (exact) mass is 256 g/mol. The first-order valence-corrected chi connectivity index (χ1v) is 6.04. The first kappa shape index (κ1) is 13.1. The molecule has 0 unspecified atom stereocenters. The average Bonchev–Trinajstić information content (AvgIpc) is 3.16. The quantitative estimate of drug-likeness (QED) is 0.815. The molecule has 1 aromatic carbocycles. The van der Waals surface area contributed by atoms with Crippen molar-refractivity contribution in [3.8, 4) is 11.5 Å². The largest absolute Gasteiger partial charge is 0.496 e. The van der Waals surface area contributed by atoms with Gasteiger partial charge in [-0.2, -0.15) is 0 Å². The number of methoxy groups -OCH3 is 2. The Bertz CT molecular complexity index is 465. The molecular weight excluding hydrogens is 238 g/mol. The highest BCUT2D eigenvalue weighted by Crippen LogP contribution is 2.53. The van der Waals surface area contributed by atoms with E-state index in [1.807, 2.05) is 6.92 Å². The lowest BCUT2D eigenvalue weighted by Crippen LogP contribution is -2.18. The summed E-state index contributed by atoms with van der Waals surface area (Å²) in [6.45, 7) is 3.62. The maximum absolute atomic E-state index is 14.3. The topological polar surface area (TPSA) is 18.5 Å². The molecule has 0 radical (unpaired) electrons. The van der Waals surface area contributed by atoms with Crippen LogP contribution in [0.25, 0.3) is 0 Å². The van der Waals surface area contributed by atoms with Crippen molar-refractivity contribution in [2.75, 3.05) is 14.2 Å². The van der Waals surface area contributed by atoms with E-state index in [2.05, 4.69) is 0 Å². The molecule has 0 saturated heterocycles. The van der Waals surface area contributed by atoms with Gasteiger partial charge in [-0.05, 0) is 43.9 Å². The van der Waals surface area contributed by atoms with E-state index in [4.69, 9.17) is 9.47 Å². The molecule has 0 spiro atoms. The molecule has 0 aromatic heterocycles. The third kappa shape index (κ3) is 1.93. The minimum atomic E-state index is -2.84. The van der Waals surface area contributed by atoms with Gasteiger partial charge in [-0.15, -0.1) is 0 Å². The number of halogens is 2. The van der Waals surface area contributed by atoms with Gasteiger partial charge in [-0.1, -0.05) is 0 Å². The van der Waals surface area contributed by atoms with Crippen molar-refractivity contribution in [1.29, 1.82) is 0 Å². The minimum Gasteiger partial charge on any atom is -0.496 e. The molecule has 1 saturated carbocycles. The second kappa shape index (κ2) is 4.41. The van der Waals surface area contributed by atoms with Gasteiger partial charge in [0, 0.05) is 5.92 Å². The standard InChI is InChI=1S/C14H18F2O2/c1-8-9(2)13(18-4)11(7-12(8)17-3)14(15,16)10-5-6-10/h7,10H,5-6H2,1-4H3. The van der Waals surface area contributed by atoms with Gasteiger partial charge in [0.15, 0.2) is 0 Å². The minimum absolute atomic E-state index is 0.0487. The van der Waals surface area contributed by atoms with Crippen LogP contribution in [0.3, 0.4) is 0 Å². The fourth-order valence-electron chi connectivity index (χ4n) is 2.25. The Balaban J connectivity index is 2.61. The lowest BCUT2D eigenvalue weighted by Gasteiger charge is -2.23. The fraction of sp³-hybridized carbons (Fsp3) is 0.571. The van der Waals surface area contributed by atoms with Gasteiger partial charge in [0.05, 0.1) is 19.8 Å². The Morgan fingerprint density at radius 3 is 2.17 bits per heavy atom. The molecule has 2 nitrogen and oxygen atoms in total. The lowest BCUT2D eigenvalue weighted by molar-refractivity contribution is -0.0307. The highest BCUT2D eigenvalue weighted by atomic mass is 19.3. The van der Waals surface area contributed by atoms with Crippen molar-refractivity contribution >= 4 is 0 Å². The van der Waals surface area contributed by atoms with Crippen molar-refractivity contribution in [3.63, 3.8) is 0 Å². The second-order valence-corrected chi connectivity index (χ2v) is 4.81. The summed E-state index contributed by atoms with van der Waals surface area (Å²) in [5, 5.41) is 0. The van der Waals surface area contributed by atoms with Crippen molar-refractivity contribution in [1.82, 2.24) is 0 Å². The zero-order valence-electron chi connectivity index (χ0n) is 11.1. The summed E-state index contributed by atoms with van der Waals surface area (Å²) in [4.78, 5) is 0. The normalized spacial score (nSPS) is 15.7. The average molecular weight is 256 g/mol. The molecule has 0 aliphatic heterocycles. The van der Waals surface area contributed by atoms with Gasteiger partial charge in [-0.25, -0.2) is 8.78 Å². The second-order valence-electron chi connectivity index (χ2n) is 4.81. The van der Waals surface area contributed by atoms with Crippen molar-refractivity contribution < 1.29 is 18.3 Å². The fourth-order valence-corrected chi connectivity index (χ4v) is 2.25. The molecule has 1 aliphatic carbocycles. The van der Waals surface area contributed by atoms with Gasteiger partial charge >= 0.3 is 0 Å². The lowest BCUT2D eigenvalue weighted by atomic mass is 9.96. The summed E-state index contributed by atoms with van der Waals surface area (Å²) < 4.78 is 38.9. The van der Waals surface area contributed by atoms with Crippen LogP contribution in [-0.2, 0) is 5.92 Å². The Labute approximate surface area is 106 Å². The van der Waals surface area contributed by atoms with Gasteiger partial charge in [0.2, 0.25) is 0 Å². The molecule has 1 aliphatic rings. The molecule has 0 atom stereocenters. The van der Waals surface area contributed by atoms with Gasteiger partial charge in [0.1, 0.15) is 11.5 Å². The third-order valence-corrected chi connectivity index (χ3v) is 3.67. The maximum atomic E-state index is 14.3. The van der Waals surface area contributed by atoms with Crippen molar-refractivity contribution in [2.24, 2.45) is 5.92 Å². The SMILES string of the molecule is COc1cc(C(F)(F)C2CC2)c(OC)c(C)c1C.